The van der Waals surface area contributed by atoms with Gasteiger partial charge >= 0.3 is 27.6 Å². The highest BCUT2D eigenvalue weighted by Gasteiger charge is 2.27. The van der Waals surface area contributed by atoms with Crippen molar-refractivity contribution in [1.82, 2.24) is 21.3 Å². The quantitative estimate of drug-likeness (QED) is 0.0143. The number of carbonyl (C=O) groups is 6. The summed E-state index contributed by atoms with van der Waals surface area (Å²) in [6, 6.07) is -1.63. The lowest BCUT2D eigenvalue weighted by atomic mass is 10.1. The summed E-state index contributed by atoms with van der Waals surface area (Å²) in [6.07, 6.45) is 48.0. The number of ether oxygens (including phenoxy) is 4. The SMILES string of the molecule is CCCCCCCCCCCCCC(=O)N[C@H](COCC[C@@H](CCCCCCC)OC(C)=O)COP(=O)(O)OCCNC(=O)CC(=O)NCCOP(=O)(O)OC[C@@H](COCC[C@@H](CCCCCCC)OC(=O)CCCCCCCCCCC)NC(=O)CCCCCCCCCCCCC. The molecule has 0 aliphatic heterocycles. The lowest BCUT2D eigenvalue weighted by Crippen LogP contribution is -2.41. The van der Waals surface area contributed by atoms with Gasteiger partial charge in [0.15, 0.2) is 0 Å². The first kappa shape index (κ1) is 96.0. The Bertz CT molecular complexity index is 2050. The molecule has 0 fully saturated rings. The summed E-state index contributed by atoms with van der Waals surface area (Å²) >= 11 is 0. The molecule has 0 radical (unpaired) electrons. The fourth-order valence-electron chi connectivity index (χ4n) is 11.6. The molecule has 24 heteroatoms. The van der Waals surface area contributed by atoms with Crippen LogP contribution >= 0.6 is 15.6 Å². The predicted octanol–water partition coefficient (Wildman–Crippen LogP) is 17.5. The molecule has 584 valence electrons. The fourth-order valence-corrected chi connectivity index (χ4v) is 13.1. The number of carbonyl (C=O) groups excluding carboxylic acids is 6. The average Bonchev–Trinajstić information content (AvgIpc) is 1.36. The van der Waals surface area contributed by atoms with E-state index in [1.54, 1.807) is 0 Å². The van der Waals surface area contributed by atoms with E-state index in [1.807, 2.05) is 0 Å². The summed E-state index contributed by atoms with van der Waals surface area (Å²) in [6.45, 7) is 10.4. The highest BCUT2D eigenvalue weighted by molar-refractivity contribution is 7.47. The minimum Gasteiger partial charge on any atom is -0.462 e. The van der Waals surface area contributed by atoms with Crippen LogP contribution < -0.4 is 21.3 Å². The van der Waals surface area contributed by atoms with Crippen molar-refractivity contribution in [2.24, 2.45) is 0 Å². The summed E-state index contributed by atoms with van der Waals surface area (Å²) in [5.41, 5.74) is 0. The van der Waals surface area contributed by atoms with Gasteiger partial charge in [0.1, 0.15) is 18.6 Å². The van der Waals surface area contributed by atoms with Crippen LogP contribution in [0.15, 0.2) is 0 Å². The average molecular weight is 1450 g/mol. The van der Waals surface area contributed by atoms with E-state index in [4.69, 9.17) is 37.0 Å². The van der Waals surface area contributed by atoms with E-state index in [0.29, 0.717) is 44.9 Å². The summed E-state index contributed by atoms with van der Waals surface area (Å²) < 4.78 is 70.4. The van der Waals surface area contributed by atoms with Gasteiger partial charge < -0.3 is 50.0 Å². The predicted molar refractivity (Wildman–Crippen MR) is 395 cm³/mol. The molecule has 99 heavy (non-hydrogen) atoms. The van der Waals surface area contributed by atoms with Gasteiger partial charge in [-0.05, 0) is 44.9 Å². The van der Waals surface area contributed by atoms with Crippen molar-refractivity contribution in [2.75, 3.05) is 65.9 Å². The Kier molecular flexibility index (Phi) is 67.2. The smallest absolute Gasteiger partial charge is 0.462 e. The van der Waals surface area contributed by atoms with Crippen LogP contribution in [0.5, 0.6) is 0 Å². The topological polar surface area (TPSA) is 299 Å². The van der Waals surface area contributed by atoms with Crippen molar-refractivity contribution in [1.29, 1.82) is 0 Å². The fraction of sp³-hybridized carbons (Fsp3) is 0.920. The van der Waals surface area contributed by atoms with Crippen LogP contribution in [0.2, 0.25) is 0 Å². The zero-order valence-electron chi connectivity index (χ0n) is 63.3. The lowest BCUT2D eigenvalue weighted by Gasteiger charge is -2.22. The Morgan fingerprint density at radius 1 is 0.333 bits per heavy atom. The number of rotatable bonds is 76. The molecule has 0 saturated heterocycles. The molecular formula is C75H146N4O18P2. The number of hydrogen-bond donors (Lipinski definition) is 6. The molecule has 0 aliphatic rings. The van der Waals surface area contributed by atoms with E-state index in [0.717, 1.165) is 122 Å². The Hall–Kier alpha value is -3.04. The highest BCUT2D eigenvalue weighted by Crippen LogP contribution is 2.44. The second-order valence-corrected chi connectivity index (χ2v) is 30.1. The second-order valence-electron chi connectivity index (χ2n) is 27.2. The van der Waals surface area contributed by atoms with Gasteiger partial charge in [-0.15, -0.1) is 0 Å². The standard InChI is InChI=1S/C75H146N4O18P2/c1-7-12-17-22-25-28-30-33-35-40-45-50-71(81)78-67(62-90-57-53-69(96-66(6)80)48-43-38-20-15-10-4)64-94-98(86,87)92-59-55-76-73(83)61-74(84)77-56-60-93-99(88,89)95-65-68(79-72(82)51-46-41-36-34-31-29-26-23-18-13-8-2)63-91-58-54-70(49-44-39-21-16-11-5)97-75(85)52-47-42-37-32-27-24-19-14-9-3/h67-70H,7-65H2,1-6H3,(H,76,83)(H,77,84)(H,78,81)(H,79,82)(H,86,87)(H,88,89)/t67-,68-,69-,70-/m1/s1. The third-order valence-corrected chi connectivity index (χ3v) is 19.5. The maximum absolute atomic E-state index is 13.2. The largest absolute Gasteiger partial charge is 0.472 e. The van der Waals surface area contributed by atoms with Gasteiger partial charge in [-0.3, -0.25) is 46.9 Å². The zero-order chi connectivity index (χ0) is 73.0. The van der Waals surface area contributed by atoms with Crippen LogP contribution in [0, 0.1) is 0 Å². The molecule has 4 amide bonds. The summed E-state index contributed by atoms with van der Waals surface area (Å²) in [4.78, 5) is 97.6. The summed E-state index contributed by atoms with van der Waals surface area (Å²) in [5, 5.41) is 10.6. The van der Waals surface area contributed by atoms with Gasteiger partial charge in [0.05, 0.1) is 64.9 Å². The van der Waals surface area contributed by atoms with Gasteiger partial charge in [-0.2, -0.15) is 0 Å². The van der Waals surface area contributed by atoms with E-state index < -0.39 is 72.4 Å². The third kappa shape index (κ3) is 67.9. The molecule has 6 atom stereocenters. The molecule has 0 spiro atoms. The van der Waals surface area contributed by atoms with E-state index in [1.165, 1.54) is 135 Å². The normalized spacial score (nSPS) is 14.0. The Morgan fingerprint density at radius 3 is 0.949 bits per heavy atom. The van der Waals surface area contributed by atoms with E-state index in [2.05, 4.69) is 55.9 Å². The van der Waals surface area contributed by atoms with Gasteiger partial charge in [-0.1, -0.05) is 266 Å². The van der Waals surface area contributed by atoms with E-state index >= 15 is 0 Å². The number of unbranched alkanes of at least 4 members (excludes halogenated alkanes) is 36. The molecule has 0 aromatic carbocycles. The Morgan fingerprint density at radius 2 is 0.626 bits per heavy atom. The third-order valence-electron chi connectivity index (χ3n) is 17.5. The zero-order valence-corrected chi connectivity index (χ0v) is 65.1. The molecular weight excluding hydrogens is 1310 g/mol. The van der Waals surface area contributed by atoms with Crippen molar-refractivity contribution in [2.45, 2.75) is 380 Å². The van der Waals surface area contributed by atoms with Crippen LogP contribution in [0.1, 0.15) is 356 Å². The first-order valence-electron chi connectivity index (χ1n) is 39.8. The monoisotopic (exact) mass is 1450 g/mol. The molecule has 0 bridgehead atoms. The van der Waals surface area contributed by atoms with Crippen LogP contribution in [0.4, 0.5) is 0 Å². The summed E-state index contributed by atoms with van der Waals surface area (Å²) in [7, 11) is -9.43. The maximum Gasteiger partial charge on any atom is 0.472 e. The molecule has 0 saturated carbocycles. The van der Waals surface area contributed by atoms with E-state index in [9.17, 15) is 47.7 Å². The molecule has 0 aliphatic carbocycles. The number of hydrogen-bond acceptors (Lipinski definition) is 16. The molecule has 0 rings (SSSR count). The van der Waals surface area contributed by atoms with Gasteiger partial charge in [0.2, 0.25) is 23.6 Å². The van der Waals surface area contributed by atoms with Crippen molar-refractivity contribution in [3.8, 4) is 0 Å². The first-order chi connectivity index (χ1) is 47.9. The van der Waals surface area contributed by atoms with Gasteiger partial charge in [0, 0.05) is 52.1 Å². The molecule has 0 aromatic rings. The van der Waals surface area contributed by atoms with Crippen LogP contribution in [-0.2, 0) is 74.9 Å². The number of amides is 4. The number of esters is 2. The van der Waals surface area contributed by atoms with Gasteiger partial charge in [0.25, 0.3) is 0 Å². The number of nitrogens with one attached hydrogen (secondary N) is 4. The van der Waals surface area contributed by atoms with Crippen molar-refractivity contribution >= 4 is 51.2 Å². The lowest BCUT2D eigenvalue weighted by molar-refractivity contribution is -0.151. The maximum atomic E-state index is 13.2. The summed E-state index contributed by atoms with van der Waals surface area (Å²) in [5.74, 6) is -2.56. The number of phosphoric acid groups is 2. The van der Waals surface area contributed by atoms with Crippen molar-refractivity contribution in [3.05, 3.63) is 0 Å². The van der Waals surface area contributed by atoms with Crippen molar-refractivity contribution in [3.63, 3.8) is 0 Å². The van der Waals surface area contributed by atoms with Gasteiger partial charge in [-0.25, -0.2) is 9.13 Å². The van der Waals surface area contributed by atoms with Crippen LogP contribution in [0.3, 0.4) is 0 Å². The van der Waals surface area contributed by atoms with Crippen LogP contribution in [0.25, 0.3) is 0 Å². The molecule has 0 aromatic heterocycles. The van der Waals surface area contributed by atoms with Crippen molar-refractivity contribution < 1.29 is 84.7 Å². The molecule has 0 heterocycles. The molecule has 22 nitrogen and oxygen atoms in total. The van der Waals surface area contributed by atoms with E-state index in [-0.39, 0.29) is 88.3 Å². The molecule has 2 unspecified atom stereocenters. The van der Waals surface area contributed by atoms with Crippen LogP contribution in [-0.4, -0.2) is 136 Å². The second kappa shape index (κ2) is 69.3. The Labute approximate surface area is 601 Å². The minimum absolute atomic E-state index is 0.0451. The Balaban J connectivity index is 5.35. The minimum atomic E-state index is -4.72. The molecule has 6 N–H and O–H groups in total. The highest BCUT2D eigenvalue weighted by atomic mass is 31.2. The number of phosphoric ester groups is 2. The first-order valence-corrected chi connectivity index (χ1v) is 42.8.